The summed E-state index contributed by atoms with van der Waals surface area (Å²) in [5, 5.41) is 3.44. The van der Waals surface area contributed by atoms with Gasteiger partial charge in [-0.3, -0.25) is 0 Å². The first-order valence-corrected chi connectivity index (χ1v) is 5.26. The first-order valence-electron chi connectivity index (χ1n) is 5.26. The van der Waals surface area contributed by atoms with Crippen molar-refractivity contribution in [1.82, 2.24) is 5.32 Å². The van der Waals surface area contributed by atoms with Crippen LogP contribution in [0.3, 0.4) is 0 Å². The van der Waals surface area contributed by atoms with Crippen molar-refractivity contribution in [3.8, 4) is 0 Å². The highest BCUT2D eigenvalue weighted by atomic mass is 16.5. The second-order valence-corrected chi connectivity index (χ2v) is 3.45. The third-order valence-corrected chi connectivity index (χ3v) is 2.27. The van der Waals surface area contributed by atoms with Gasteiger partial charge in [-0.25, -0.2) is 0 Å². The van der Waals surface area contributed by atoms with E-state index in [0.29, 0.717) is 6.61 Å². The molecule has 1 aromatic carbocycles. The molecule has 2 nitrogen and oxygen atoms in total. The molecule has 0 aliphatic rings. The van der Waals surface area contributed by atoms with Crippen LogP contribution in [0, 0.1) is 0 Å². The fourth-order valence-corrected chi connectivity index (χ4v) is 1.48. The fraction of sp³-hybridized carbons (Fsp3) is 0.385. The highest BCUT2D eigenvalue weighted by molar-refractivity contribution is 5.18. The van der Waals surface area contributed by atoms with Gasteiger partial charge in [0.25, 0.3) is 0 Å². The quantitative estimate of drug-likeness (QED) is 0.545. The zero-order chi connectivity index (χ0) is 10.9. The van der Waals surface area contributed by atoms with Crippen LogP contribution in [0.1, 0.15) is 18.0 Å². The maximum absolute atomic E-state index is 5.20. The van der Waals surface area contributed by atoms with Gasteiger partial charge in [-0.2, -0.15) is 0 Å². The van der Waals surface area contributed by atoms with Gasteiger partial charge in [-0.05, 0) is 18.5 Å². The summed E-state index contributed by atoms with van der Waals surface area (Å²) in [6.45, 7) is 5.34. The topological polar surface area (TPSA) is 21.3 Å². The second-order valence-electron chi connectivity index (χ2n) is 3.45. The van der Waals surface area contributed by atoms with Crippen LogP contribution in [0.15, 0.2) is 43.0 Å². The molecule has 1 unspecified atom stereocenters. The van der Waals surface area contributed by atoms with Crippen molar-refractivity contribution in [3.63, 3.8) is 0 Å². The van der Waals surface area contributed by atoms with Gasteiger partial charge in [0, 0.05) is 7.11 Å². The Bertz CT molecular complexity index is 271. The van der Waals surface area contributed by atoms with E-state index in [2.05, 4.69) is 24.0 Å². The minimum Gasteiger partial charge on any atom is -0.383 e. The summed E-state index contributed by atoms with van der Waals surface area (Å²) in [7, 11) is 1.73. The van der Waals surface area contributed by atoms with Gasteiger partial charge < -0.3 is 10.1 Å². The Labute approximate surface area is 92.0 Å². The maximum atomic E-state index is 5.20. The van der Waals surface area contributed by atoms with Crippen LogP contribution >= 0.6 is 0 Å². The molecule has 0 aliphatic carbocycles. The maximum Gasteiger partial charge on any atom is 0.0657 e. The molecule has 0 spiro atoms. The summed E-state index contributed by atoms with van der Waals surface area (Å²) in [5.74, 6) is 0. The molecule has 1 atom stereocenters. The lowest BCUT2D eigenvalue weighted by atomic mass is 10.1. The molecular formula is C13H19NO. The summed E-state index contributed by atoms with van der Waals surface area (Å²) in [5.41, 5.74) is 1.27. The van der Waals surface area contributed by atoms with Gasteiger partial charge in [0.15, 0.2) is 0 Å². The van der Waals surface area contributed by atoms with Crippen LogP contribution in [0.4, 0.5) is 0 Å². The van der Waals surface area contributed by atoms with Gasteiger partial charge in [0.1, 0.15) is 0 Å². The van der Waals surface area contributed by atoms with E-state index in [0.717, 1.165) is 13.0 Å². The lowest BCUT2D eigenvalue weighted by molar-refractivity contribution is 0.167. The summed E-state index contributed by atoms with van der Waals surface area (Å²) >= 11 is 0. The number of hydrogen-bond donors (Lipinski definition) is 1. The van der Waals surface area contributed by atoms with E-state index >= 15 is 0 Å². The molecule has 0 fully saturated rings. The lowest BCUT2D eigenvalue weighted by Gasteiger charge is -2.17. The molecule has 1 rings (SSSR count). The SMILES string of the molecule is C=CCCNC(COC)c1ccccc1. The minimum atomic E-state index is 0.274. The number of hydrogen-bond acceptors (Lipinski definition) is 2. The smallest absolute Gasteiger partial charge is 0.0657 e. The monoisotopic (exact) mass is 205 g/mol. The van der Waals surface area contributed by atoms with E-state index in [1.165, 1.54) is 5.56 Å². The molecule has 1 N–H and O–H groups in total. The molecule has 0 saturated heterocycles. The zero-order valence-corrected chi connectivity index (χ0v) is 9.28. The molecular weight excluding hydrogens is 186 g/mol. The standard InChI is InChI=1S/C13H19NO/c1-3-4-10-14-13(11-15-2)12-8-6-5-7-9-12/h3,5-9,13-14H,1,4,10-11H2,2H3. The minimum absolute atomic E-state index is 0.274. The summed E-state index contributed by atoms with van der Waals surface area (Å²) < 4.78 is 5.20. The average molecular weight is 205 g/mol. The molecule has 15 heavy (non-hydrogen) atoms. The van der Waals surface area contributed by atoms with Crippen LogP contribution in [0.5, 0.6) is 0 Å². The van der Waals surface area contributed by atoms with E-state index in [9.17, 15) is 0 Å². The Morgan fingerprint density at radius 1 is 1.40 bits per heavy atom. The molecule has 2 heteroatoms. The van der Waals surface area contributed by atoms with Crippen molar-refractivity contribution in [1.29, 1.82) is 0 Å². The Morgan fingerprint density at radius 2 is 2.13 bits per heavy atom. The summed E-state index contributed by atoms with van der Waals surface area (Å²) in [6, 6.07) is 10.6. The first kappa shape index (κ1) is 12.0. The van der Waals surface area contributed by atoms with Crippen LogP contribution < -0.4 is 5.32 Å². The lowest BCUT2D eigenvalue weighted by Crippen LogP contribution is -2.25. The molecule has 82 valence electrons. The molecule has 0 amide bonds. The summed E-state index contributed by atoms with van der Waals surface area (Å²) in [6.07, 6.45) is 2.90. The fourth-order valence-electron chi connectivity index (χ4n) is 1.48. The Hall–Kier alpha value is -1.12. The predicted molar refractivity (Wildman–Crippen MR) is 63.9 cm³/mol. The number of nitrogens with one attached hydrogen (secondary N) is 1. The third-order valence-electron chi connectivity index (χ3n) is 2.27. The van der Waals surface area contributed by atoms with Gasteiger partial charge in [-0.15, -0.1) is 6.58 Å². The van der Waals surface area contributed by atoms with Crippen molar-refractivity contribution < 1.29 is 4.74 Å². The Balaban J connectivity index is 2.53. The van der Waals surface area contributed by atoms with Gasteiger partial charge in [-0.1, -0.05) is 36.4 Å². The molecule has 0 saturated carbocycles. The second kappa shape index (κ2) is 7.21. The number of ether oxygens (including phenoxy) is 1. The van der Waals surface area contributed by atoms with Gasteiger partial charge >= 0.3 is 0 Å². The van der Waals surface area contributed by atoms with Gasteiger partial charge in [0.2, 0.25) is 0 Å². The van der Waals surface area contributed by atoms with Crippen molar-refractivity contribution in [2.45, 2.75) is 12.5 Å². The highest BCUT2D eigenvalue weighted by Crippen LogP contribution is 2.12. The number of methoxy groups -OCH3 is 1. The molecule has 1 aromatic rings. The van der Waals surface area contributed by atoms with Crippen molar-refractivity contribution in [2.75, 3.05) is 20.3 Å². The largest absolute Gasteiger partial charge is 0.383 e. The van der Waals surface area contributed by atoms with Crippen molar-refractivity contribution in [3.05, 3.63) is 48.6 Å². The Morgan fingerprint density at radius 3 is 2.73 bits per heavy atom. The highest BCUT2D eigenvalue weighted by Gasteiger charge is 2.08. The van der Waals surface area contributed by atoms with E-state index in [4.69, 9.17) is 4.74 Å². The van der Waals surface area contributed by atoms with E-state index < -0.39 is 0 Å². The van der Waals surface area contributed by atoms with E-state index in [1.54, 1.807) is 7.11 Å². The zero-order valence-electron chi connectivity index (χ0n) is 9.28. The average Bonchev–Trinajstić information content (AvgIpc) is 2.29. The van der Waals surface area contributed by atoms with Gasteiger partial charge in [0.05, 0.1) is 12.6 Å². The summed E-state index contributed by atoms with van der Waals surface area (Å²) in [4.78, 5) is 0. The molecule has 0 aliphatic heterocycles. The third kappa shape index (κ3) is 4.28. The van der Waals surface area contributed by atoms with E-state index in [1.807, 2.05) is 24.3 Å². The predicted octanol–water partition coefficient (Wildman–Crippen LogP) is 2.54. The first-order chi connectivity index (χ1) is 7.38. The van der Waals surface area contributed by atoms with Crippen LogP contribution in [-0.4, -0.2) is 20.3 Å². The molecule has 0 radical (unpaired) electrons. The van der Waals surface area contributed by atoms with E-state index in [-0.39, 0.29) is 6.04 Å². The molecule has 0 heterocycles. The van der Waals surface area contributed by atoms with Crippen LogP contribution in [-0.2, 0) is 4.74 Å². The van der Waals surface area contributed by atoms with Crippen LogP contribution in [0.25, 0.3) is 0 Å². The normalized spacial score (nSPS) is 12.3. The molecule has 0 bridgehead atoms. The Kier molecular flexibility index (Phi) is 5.74. The van der Waals surface area contributed by atoms with Crippen LogP contribution in [0.2, 0.25) is 0 Å². The number of rotatable bonds is 7. The number of benzene rings is 1. The van der Waals surface area contributed by atoms with Crippen molar-refractivity contribution in [2.24, 2.45) is 0 Å². The molecule has 0 aromatic heterocycles. The van der Waals surface area contributed by atoms with Crippen molar-refractivity contribution >= 4 is 0 Å².